The van der Waals surface area contributed by atoms with Gasteiger partial charge in [-0.3, -0.25) is 9.59 Å². The smallest absolute Gasteiger partial charge is 0.237 e. The molecule has 0 saturated carbocycles. The number of carbonyl (C=O) groups is 2. The second-order valence-corrected chi connectivity index (χ2v) is 6.55. The number of nitrogens with one attached hydrogen (secondary N) is 2. The highest BCUT2D eigenvalue weighted by molar-refractivity contribution is 6.05. The lowest BCUT2D eigenvalue weighted by atomic mass is 9.97. The average molecular weight is 347 g/mol. The third-order valence-electron chi connectivity index (χ3n) is 4.32. The van der Waals surface area contributed by atoms with Gasteiger partial charge in [0.1, 0.15) is 5.92 Å². The summed E-state index contributed by atoms with van der Waals surface area (Å²) < 4.78 is 0. The number of hydrogen-bond donors (Lipinski definition) is 2. The van der Waals surface area contributed by atoms with Gasteiger partial charge < -0.3 is 10.6 Å². The summed E-state index contributed by atoms with van der Waals surface area (Å²) in [7, 11) is 0. The van der Waals surface area contributed by atoms with Crippen LogP contribution in [0, 0.1) is 0 Å². The fraction of sp³-hybridized carbons (Fsp3) is 0.619. The highest BCUT2D eigenvalue weighted by Crippen LogP contribution is 2.16. The monoisotopic (exact) mass is 346 g/mol. The Balaban J connectivity index is 2.57. The third kappa shape index (κ3) is 8.71. The first-order valence-electron chi connectivity index (χ1n) is 9.81. The Kier molecular flexibility index (Phi) is 11.4. The summed E-state index contributed by atoms with van der Waals surface area (Å²) in [5, 5.41) is 5.86. The zero-order chi connectivity index (χ0) is 18.3. The van der Waals surface area contributed by atoms with E-state index in [1.165, 1.54) is 25.7 Å². The lowest BCUT2D eigenvalue weighted by molar-refractivity contribution is -0.131. The first-order valence-corrected chi connectivity index (χ1v) is 9.81. The van der Waals surface area contributed by atoms with Gasteiger partial charge in [0.15, 0.2) is 0 Å². The number of unbranched alkanes of at least 4 members (excludes halogenated alkanes) is 6. The minimum absolute atomic E-state index is 0.200. The standard InChI is InChI=1S/C21H34N2O2/c1-3-5-7-12-16-22-20(24)19(18-14-10-9-11-15-18)21(25)23-17-13-8-6-4-2/h9-11,14-15,19H,3-8,12-13,16-17H2,1-2H3,(H,22,24)(H,23,25). The Morgan fingerprint density at radius 1 is 0.760 bits per heavy atom. The van der Waals surface area contributed by atoms with Crippen LogP contribution < -0.4 is 10.6 Å². The van der Waals surface area contributed by atoms with Gasteiger partial charge in [-0.15, -0.1) is 0 Å². The lowest BCUT2D eigenvalue weighted by Crippen LogP contribution is -2.40. The van der Waals surface area contributed by atoms with E-state index in [0.717, 1.165) is 31.2 Å². The SMILES string of the molecule is CCCCCCNC(=O)C(C(=O)NCCCCCC)c1ccccc1. The van der Waals surface area contributed by atoms with Crippen molar-refractivity contribution in [3.05, 3.63) is 35.9 Å². The topological polar surface area (TPSA) is 58.2 Å². The predicted molar refractivity (Wildman–Crippen MR) is 103 cm³/mol. The van der Waals surface area contributed by atoms with Crippen molar-refractivity contribution in [3.63, 3.8) is 0 Å². The van der Waals surface area contributed by atoms with Gasteiger partial charge in [-0.1, -0.05) is 82.7 Å². The van der Waals surface area contributed by atoms with E-state index in [1.807, 2.05) is 30.3 Å². The molecule has 1 aromatic carbocycles. The lowest BCUT2D eigenvalue weighted by Gasteiger charge is -2.17. The molecule has 0 bridgehead atoms. The van der Waals surface area contributed by atoms with Crippen LogP contribution in [0.15, 0.2) is 30.3 Å². The van der Waals surface area contributed by atoms with Gasteiger partial charge in [0.2, 0.25) is 11.8 Å². The quantitative estimate of drug-likeness (QED) is 0.416. The molecule has 0 spiro atoms. The van der Waals surface area contributed by atoms with E-state index >= 15 is 0 Å². The molecule has 0 radical (unpaired) electrons. The Hall–Kier alpha value is -1.84. The van der Waals surface area contributed by atoms with Crippen LogP contribution in [0.3, 0.4) is 0 Å². The van der Waals surface area contributed by atoms with Crippen LogP contribution in [0.25, 0.3) is 0 Å². The van der Waals surface area contributed by atoms with E-state index in [1.54, 1.807) is 0 Å². The van der Waals surface area contributed by atoms with E-state index in [0.29, 0.717) is 13.1 Å². The molecule has 25 heavy (non-hydrogen) atoms. The molecule has 4 nitrogen and oxygen atoms in total. The summed E-state index contributed by atoms with van der Waals surface area (Å²) in [4.78, 5) is 25.2. The molecule has 0 fully saturated rings. The summed E-state index contributed by atoms with van der Waals surface area (Å²) >= 11 is 0. The number of carbonyl (C=O) groups excluding carboxylic acids is 2. The molecule has 0 aliphatic heterocycles. The molecule has 0 aromatic heterocycles. The maximum atomic E-state index is 12.6. The molecule has 1 aromatic rings. The Labute approximate surface area is 152 Å². The van der Waals surface area contributed by atoms with Crippen LogP contribution in [0.4, 0.5) is 0 Å². The second kappa shape index (κ2) is 13.5. The maximum Gasteiger partial charge on any atom is 0.237 e. The average Bonchev–Trinajstić information content (AvgIpc) is 2.62. The van der Waals surface area contributed by atoms with Gasteiger partial charge in [-0.05, 0) is 18.4 Å². The van der Waals surface area contributed by atoms with E-state index in [-0.39, 0.29) is 11.8 Å². The molecule has 0 aliphatic carbocycles. The second-order valence-electron chi connectivity index (χ2n) is 6.55. The first kappa shape index (κ1) is 21.2. The Morgan fingerprint density at radius 3 is 1.68 bits per heavy atom. The number of benzene rings is 1. The predicted octanol–water partition coefficient (Wildman–Crippen LogP) is 4.16. The molecule has 0 aliphatic rings. The molecular weight excluding hydrogens is 312 g/mol. The fourth-order valence-electron chi connectivity index (χ4n) is 2.80. The van der Waals surface area contributed by atoms with Gasteiger partial charge in [0, 0.05) is 13.1 Å². The number of hydrogen-bond acceptors (Lipinski definition) is 2. The van der Waals surface area contributed by atoms with Crippen molar-refractivity contribution in [2.45, 2.75) is 71.1 Å². The van der Waals surface area contributed by atoms with Gasteiger partial charge in [0.05, 0.1) is 0 Å². The van der Waals surface area contributed by atoms with Crippen LogP contribution in [-0.4, -0.2) is 24.9 Å². The van der Waals surface area contributed by atoms with Crippen molar-refractivity contribution in [1.29, 1.82) is 0 Å². The molecule has 1 rings (SSSR count). The molecule has 0 saturated heterocycles. The molecular formula is C21H34N2O2. The minimum atomic E-state index is -0.765. The number of amides is 2. The van der Waals surface area contributed by atoms with Gasteiger partial charge in [-0.25, -0.2) is 0 Å². The fourth-order valence-corrected chi connectivity index (χ4v) is 2.80. The van der Waals surface area contributed by atoms with Crippen molar-refractivity contribution in [1.82, 2.24) is 10.6 Å². The van der Waals surface area contributed by atoms with E-state index in [9.17, 15) is 9.59 Å². The molecule has 140 valence electrons. The van der Waals surface area contributed by atoms with Crippen molar-refractivity contribution in [3.8, 4) is 0 Å². The Morgan fingerprint density at radius 2 is 1.24 bits per heavy atom. The van der Waals surface area contributed by atoms with Crippen molar-refractivity contribution >= 4 is 11.8 Å². The molecule has 2 N–H and O–H groups in total. The highest BCUT2D eigenvalue weighted by atomic mass is 16.2. The first-order chi connectivity index (χ1) is 12.2. The zero-order valence-electron chi connectivity index (χ0n) is 15.9. The van der Waals surface area contributed by atoms with E-state index < -0.39 is 5.92 Å². The molecule has 4 heteroatoms. The van der Waals surface area contributed by atoms with Gasteiger partial charge in [-0.2, -0.15) is 0 Å². The van der Waals surface area contributed by atoms with Crippen LogP contribution in [0.5, 0.6) is 0 Å². The highest BCUT2D eigenvalue weighted by Gasteiger charge is 2.27. The van der Waals surface area contributed by atoms with Crippen molar-refractivity contribution in [2.75, 3.05) is 13.1 Å². The molecule has 0 atom stereocenters. The molecule has 0 heterocycles. The van der Waals surface area contributed by atoms with Crippen LogP contribution in [0.1, 0.15) is 76.7 Å². The van der Waals surface area contributed by atoms with Gasteiger partial charge >= 0.3 is 0 Å². The van der Waals surface area contributed by atoms with Crippen molar-refractivity contribution in [2.24, 2.45) is 0 Å². The summed E-state index contributed by atoms with van der Waals surface area (Å²) in [5.74, 6) is -1.17. The minimum Gasteiger partial charge on any atom is -0.355 e. The summed E-state index contributed by atoms with van der Waals surface area (Å²) in [5.41, 5.74) is 0.750. The molecule has 0 unspecified atom stereocenters. The van der Waals surface area contributed by atoms with Crippen LogP contribution in [-0.2, 0) is 9.59 Å². The molecule has 2 amide bonds. The van der Waals surface area contributed by atoms with Crippen molar-refractivity contribution < 1.29 is 9.59 Å². The van der Waals surface area contributed by atoms with Gasteiger partial charge in [0.25, 0.3) is 0 Å². The summed E-state index contributed by atoms with van der Waals surface area (Å²) in [6, 6.07) is 9.32. The maximum absolute atomic E-state index is 12.6. The summed E-state index contributed by atoms with van der Waals surface area (Å²) in [6.45, 7) is 5.58. The number of rotatable bonds is 13. The normalized spacial score (nSPS) is 10.7. The summed E-state index contributed by atoms with van der Waals surface area (Å²) in [6.07, 6.45) is 8.82. The van der Waals surface area contributed by atoms with Crippen LogP contribution in [0.2, 0.25) is 0 Å². The van der Waals surface area contributed by atoms with E-state index in [4.69, 9.17) is 0 Å². The largest absolute Gasteiger partial charge is 0.355 e. The zero-order valence-corrected chi connectivity index (χ0v) is 15.9. The third-order valence-corrected chi connectivity index (χ3v) is 4.32. The van der Waals surface area contributed by atoms with Crippen LogP contribution >= 0.6 is 0 Å². The Bertz CT molecular complexity index is 462. The van der Waals surface area contributed by atoms with E-state index in [2.05, 4.69) is 24.5 Å².